The number of hydrogen-bond donors (Lipinski definition) is 1. The maximum Gasteiger partial charge on any atom is 0.00790 e. The van der Waals surface area contributed by atoms with Gasteiger partial charge in [0.1, 0.15) is 0 Å². The van der Waals surface area contributed by atoms with E-state index in [1.807, 2.05) is 7.05 Å². The highest BCUT2D eigenvalue weighted by molar-refractivity contribution is 4.71. The standard InChI is InChI=1S/C10H22N2/c1-10(6-7-11-2)12-8-4-3-5-9-12/h10-11H,3-9H2,1-2H3. The van der Waals surface area contributed by atoms with Crippen LogP contribution < -0.4 is 5.32 Å². The molecule has 1 rings (SSSR count). The molecule has 12 heavy (non-hydrogen) atoms. The summed E-state index contributed by atoms with van der Waals surface area (Å²) in [7, 11) is 2.03. The second-order valence-corrected chi connectivity index (χ2v) is 3.84. The van der Waals surface area contributed by atoms with Crippen LogP contribution in [0.15, 0.2) is 0 Å². The lowest BCUT2D eigenvalue weighted by molar-refractivity contribution is 0.166. The van der Waals surface area contributed by atoms with E-state index < -0.39 is 0 Å². The first kappa shape index (κ1) is 10.0. The number of rotatable bonds is 4. The summed E-state index contributed by atoms with van der Waals surface area (Å²) in [6.45, 7) is 6.15. The summed E-state index contributed by atoms with van der Waals surface area (Å²) in [5, 5.41) is 3.21. The molecule has 1 fully saturated rings. The maximum atomic E-state index is 3.21. The number of piperidine rings is 1. The Hall–Kier alpha value is -0.0800. The van der Waals surface area contributed by atoms with Gasteiger partial charge in [0.15, 0.2) is 0 Å². The van der Waals surface area contributed by atoms with Gasteiger partial charge in [-0.2, -0.15) is 0 Å². The van der Waals surface area contributed by atoms with Crippen LogP contribution in [0, 0.1) is 0 Å². The molecule has 1 unspecified atom stereocenters. The maximum absolute atomic E-state index is 3.21. The van der Waals surface area contributed by atoms with Gasteiger partial charge in [0, 0.05) is 6.04 Å². The van der Waals surface area contributed by atoms with Crippen LogP contribution >= 0.6 is 0 Å². The van der Waals surface area contributed by atoms with E-state index in [1.54, 1.807) is 0 Å². The Bertz CT molecular complexity index is 108. The fourth-order valence-corrected chi connectivity index (χ4v) is 1.89. The topological polar surface area (TPSA) is 15.3 Å². The van der Waals surface area contributed by atoms with Crippen LogP contribution in [0.1, 0.15) is 32.6 Å². The largest absolute Gasteiger partial charge is 0.320 e. The zero-order valence-electron chi connectivity index (χ0n) is 8.47. The predicted octanol–water partition coefficient (Wildman–Crippen LogP) is 1.47. The SMILES string of the molecule is CNCCC(C)N1CCCCC1. The lowest BCUT2D eigenvalue weighted by atomic mass is 10.1. The van der Waals surface area contributed by atoms with Crippen LogP contribution in [0.2, 0.25) is 0 Å². The van der Waals surface area contributed by atoms with Gasteiger partial charge in [0.2, 0.25) is 0 Å². The van der Waals surface area contributed by atoms with Gasteiger partial charge < -0.3 is 10.2 Å². The molecule has 1 atom stereocenters. The average Bonchev–Trinajstić information content (AvgIpc) is 2.15. The molecule has 0 bridgehead atoms. The quantitative estimate of drug-likeness (QED) is 0.687. The van der Waals surface area contributed by atoms with Gasteiger partial charge in [0.25, 0.3) is 0 Å². The fourth-order valence-electron chi connectivity index (χ4n) is 1.89. The van der Waals surface area contributed by atoms with Crippen molar-refractivity contribution in [1.29, 1.82) is 0 Å². The van der Waals surface area contributed by atoms with E-state index in [2.05, 4.69) is 17.1 Å². The van der Waals surface area contributed by atoms with Crippen molar-refractivity contribution in [2.45, 2.75) is 38.6 Å². The Morgan fingerprint density at radius 2 is 1.92 bits per heavy atom. The summed E-state index contributed by atoms with van der Waals surface area (Å²) >= 11 is 0. The fraction of sp³-hybridized carbons (Fsp3) is 1.00. The Kier molecular flexibility index (Phi) is 4.62. The molecule has 2 heteroatoms. The zero-order chi connectivity index (χ0) is 8.81. The van der Waals surface area contributed by atoms with E-state index in [4.69, 9.17) is 0 Å². The van der Waals surface area contributed by atoms with Crippen LogP contribution in [0.3, 0.4) is 0 Å². The van der Waals surface area contributed by atoms with Gasteiger partial charge in [-0.1, -0.05) is 6.42 Å². The zero-order valence-corrected chi connectivity index (χ0v) is 8.47. The molecule has 0 aromatic heterocycles. The average molecular weight is 170 g/mol. The van der Waals surface area contributed by atoms with Gasteiger partial charge in [-0.25, -0.2) is 0 Å². The second kappa shape index (κ2) is 5.55. The number of likely N-dealkylation sites (tertiary alicyclic amines) is 1. The summed E-state index contributed by atoms with van der Waals surface area (Å²) in [5.74, 6) is 0. The van der Waals surface area contributed by atoms with Crippen molar-refractivity contribution in [3.05, 3.63) is 0 Å². The minimum Gasteiger partial charge on any atom is -0.320 e. The van der Waals surface area contributed by atoms with E-state index in [9.17, 15) is 0 Å². The Balaban J connectivity index is 2.15. The number of hydrogen-bond acceptors (Lipinski definition) is 2. The van der Waals surface area contributed by atoms with E-state index in [1.165, 1.54) is 38.8 Å². The highest BCUT2D eigenvalue weighted by Gasteiger charge is 2.15. The highest BCUT2D eigenvalue weighted by atomic mass is 15.2. The van der Waals surface area contributed by atoms with E-state index in [0.29, 0.717) is 0 Å². The molecule has 1 saturated heterocycles. The third kappa shape index (κ3) is 3.11. The van der Waals surface area contributed by atoms with Crippen molar-refractivity contribution < 1.29 is 0 Å². The van der Waals surface area contributed by atoms with Gasteiger partial charge in [-0.05, 0) is 52.9 Å². The first-order valence-corrected chi connectivity index (χ1v) is 5.23. The summed E-state index contributed by atoms with van der Waals surface area (Å²) < 4.78 is 0. The van der Waals surface area contributed by atoms with Crippen molar-refractivity contribution in [2.24, 2.45) is 0 Å². The van der Waals surface area contributed by atoms with Crippen molar-refractivity contribution >= 4 is 0 Å². The summed E-state index contributed by atoms with van der Waals surface area (Å²) in [5.41, 5.74) is 0. The van der Waals surface area contributed by atoms with Crippen molar-refractivity contribution in [1.82, 2.24) is 10.2 Å². The first-order chi connectivity index (χ1) is 5.84. The minimum atomic E-state index is 0.776. The Labute approximate surface area is 76.3 Å². The normalized spacial score (nSPS) is 22.5. The van der Waals surface area contributed by atoms with Gasteiger partial charge in [-0.15, -0.1) is 0 Å². The van der Waals surface area contributed by atoms with E-state index >= 15 is 0 Å². The molecule has 0 spiro atoms. The molecule has 0 aliphatic carbocycles. The summed E-state index contributed by atoms with van der Waals surface area (Å²) in [6.07, 6.45) is 5.54. The molecule has 1 aliphatic rings. The molecule has 72 valence electrons. The van der Waals surface area contributed by atoms with Crippen LogP contribution in [-0.4, -0.2) is 37.6 Å². The molecule has 0 aromatic carbocycles. The number of nitrogens with one attached hydrogen (secondary N) is 1. The van der Waals surface area contributed by atoms with Gasteiger partial charge >= 0.3 is 0 Å². The van der Waals surface area contributed by atoms with Crippen molar-refractivity contribution in [3.8, 4) is 0 Å². The van der Waals surface area contributed by atoms with Crippen molar-refractivity contribution in [3.63, 3.8) is 0 Å². The molecule has 0 radical (unpaired) electrons. The van der Waals surface area contributed by atoms with Crippen LogP contribution in [0.5, 0.6) is 0 Å². The highest BCUT2D eigenvalue weighted by Crippen LogP contribution is 2.13. The van der Waals surface area contributed by atoms with Crippen LogP contribution in [-0.2, 0) is 0 Å². The van der Waals surface area contributed by atoms with Gasteiger partial charge in [-0.3, -0.25) is 0 Å². The third-order valence-corrected chi connectivity index (χ3v) is 2.83. The predicted molar refractivity (Wildman–Crippen MR) is 53.4 cm³/mol. The van der Waals surface area contributed by atoms with E-state index in [-0.39, 0.29) is 0 Å². The molecule has 1 heterocycles. The van der Waals surface area contributed by atoms with Crippen molar-refractivity contribution in [2.75, 3.05) is 26.7 Å². The smallest absolute Gasteiger partial charge is 0.00790 e. The molecular weight excluding hydrogens is 148 g/mol. The monoisotopic (exact) mass is 170 g/mol. The molecule has 0 aromatic rings. The summed E-state index contributed by atoms with van der Waals surface area (Å²) in [4.78, 5) is 2.63. The number of nitrogens with zero attached hydrogens (tertiary/aromatic N) is 1. The van der Waals surface area contributed by atoms with Crippen LogP contribution in [0.4, 0.5) is 0 Å². The summed E-state index contributed by atoms with van der Waals surface area (Å²) in [6, 6.07) is 0.776. The second-order valence-electron chi connectivity index (χ2n) is 3.84. The van der Waals surface area contributed by atoms with Gasteiger partial charge in [0.05, 0.1) is 0 Å². The minimum absolute atomic E-state index is 0.776. The lowest BCUT2D eigenvalue weighted by Crippen LogP contribution is -2.38. The third-order valence-electron chi connectivity index (χ3n) is 2.83. The Morgan fingerprint density at radius 1 is 1.25 bits per heavy atom. The molecule has 2 nitrogen and oxygen atoms in total. The first-order valence-electron chi connectivity index (χ1n) is 5.23. The molecule has 0 amide bonds. The van der Waals surface area contributed by atoms with Crippen LogP contribution in [0.25, 0.3) is 0 Å². The molecule has 1 aliphatic heterocycles. The lowest BCUT2D eigenvalue weighted by Gasteiger charge is -2.32. The molecule has 0 saturated carbocycles. The molecule has 1 N–H and O–H groups in total. The molecular formula is C10H22N2. The Morgan fingerprint density at radius 3 is 2.50 bits per heavy atom. The van der Waals surface area contributed by atoms with E-state index in [0.717, 1.165) is 12.6 Å².